The van der Waals surface area contributed by atoms with Crippen LogP contribution in [0.3, 0.4) is 0 Å². The van der Waals surface area contributed by atoms with Gasteiger partial charge in [0.2, 0.25) is 6.79 Å². The third-order valence-electron chi connectivity index (χ3n) is 7.20. The van der Waals surface area contributed by atoms with Gasteiger partial charge in [-0.2, -0.15) is 0 Å². The predicted octanol–water partition coefficient (Wildman–Crippen LogP) is 5.49. The Kier molecular flexibility index (Phi) is 6.78. The Labute approximate surface area is 208 Å². The van der Waals surface area contributed by atoms with E-state index in [0.717, 1.165) is 43.2 Å². The second kappa shape index (κ2) is 10.1. The van der Waals surface area contributed by atoms with Gasteiger partial charge in [0.05, 0.1) is 0 Å². The SMILES string of the molecule is Cc1ccc([C@H]2CN(Cc3ccc4c(c3)OCO4)C[C@H]2CN(C(=O)c2ccccc2)C(C)C)cc1. The fraction of sp³-hybridized carbons (Fsp3) is 0.367. The molecule has 0 N–H and O–H groups in total. The van der Waals surface area contributed by atoms with E-state index < -0.39 is 0 Å². The molecular formula is C30H34N2O3. The molecule has 1 saturated heterocycles. The Morgan fingerprint density at radius 2 is 1.71 bits per heavy atom. The molecule has 2 atom stereocenters. The number of rotatable bonds is 7. The van der Waals surface area contributed by atoms with Gasteiger partial charge in [0.15, 0.2) is 11.5 Å². The van der Waals surface area contributed by atoms with Crippen molar-refractivity contribution < 1.29 is 14.3 Å². The van der Waals surface area contributed by atoms with Gasteiger partial charge in [-0.3, -0.25) is 9.69 Å². The van der Waals surface area contributed by atoms with Crippen LogP contribution in [0.25, 0.3) is 0 Å². The Hall–Kier alpha value is -3.31. The van der Waals surface area contributed by atoms with E-state index in [0.29, 0.717) is 18.6 Å². The molecule has 0 radical (unpaired) electrons. The zero-order valence-electron chi connectivity index (χ0n) is 20.8. The maximum absolute atomic E-state index is 13.4. The van der Waals surface area contributed by atoms with Crippen LogP contribution in [0.4, 0.5) is 0 Å². The number of nitrogens with zero attached hydrogens (tertiary/aromatic N) is 2. The largest absolute Gasteiger partial charge is 0.454 e. The number of aryl methyl sites for hydroxylation is 1. The van der Waals surface area contributed by atoms with Crippen LogP contribution in [0.5, 0.6) is 11.5 Å². The summed E-state index contributed by atoms with van der Waals surface area (Å²) in [6, 6.07) is 24.9. The topological polar surface area (TPSA) is 42.0 Å². The van der Waals surface area contributed by atoms with Crippen molar-refractivity contribution in [3.8, 4) is 11.5 Å². The summed E-state index contributed by atoms with van der Waals surface area (Å²) in [6.45, 7) is 10.1. The van der Waals surface area contributed by atoms with Gasteiger partial charge in [0.1, 0.15) is 0 Å². The van der Waals surface area contributed by atoms with Crippen molar-refractivity contribution in [2.75, 3.05) is 26.4 Å². The molecule has 35 heavy (non-hydrogen) atoms. The average molecular weight is 471 g/mol. The van der Waals surface area contributed by atoms with Gasteiger partial charge in [-0.15, -0.1) is 0 Å². The molecule has 3 aromatic rings. The third kappa shape index (κ3) is 5.20. The standard InChI is InChI=1S/C30H34N2O3/c1-21(2)32(30(33)25-7-5-4-6-8-25)18-26-17-31(19-27(26)24-12-9-22(3)10-13-24)16-23-11-14-28-29(15-23)35-20-34-28/h4-15,21,26-27H,16-20H2,1-3H3/t26-,27+/m0/s1. The van der Waals surface area contributed by atoms with Crippen LogP contribution in [-0.2, 0) is 6.54 Å². The van der Waals surface area contributed by atoms with Gasteiger partial charge in [-0.05, 0) is 62.1 Å². The van der Waals surface area contributed by atoms with Crippen molar-refractivity contribution in [1.82, 2.24) is 9.80 Å². The van der Waals surface area contributed by atoms with Crippen molar-refractivity contribution in [1.29, 1.82) is 0 Å². The molecule has 0 aromatic heterocycles. The molecule has 2 aliphatic rings. The first kappa shape index (κ1) is 23.4. The number of hydrogen-bond donors (Lipinski definition) is 0. The van der Waals surface area contributed by atoms with E-state index in [2.05, 4.69) is 62.1 Å². The highest BCUT2D eigenvalue weighted by molar-refractivity contribution is 5.94. The minimum Gasteiger partial charge on any atom is -0.454 e. The molecule has 5 nitrogen and oxygen atoms in total. The van der Waals surface area contributed by atoms with Crippen LogP contribution in [0, 0.1) is 12.8 Å². The summed E-state index contributed by atoms with van der Waals surface area (Å²) in [5, 5.41) is 0. The molecule has 0 spiro atoms. The highest BCUT2D eigenvalue weighted by Crippen LogP contribution is 2.37. The monoisotopic (exact) mass is 470 g/mol. The fourth-order valence-electron chi connectivity index (χ4n) is 5.29. The summed E-state index contributed by atoms with van der Waals surface area (Å²) in [4.78, 5) is 18.0. The Balaban J connectivity index is 1.37. The quantitative estimate of drug-likeness (QED) is 0.458. The molecule has 1 amide bonds. The zero-order valence-corrected chi connectivity index (χ0v) is 20.8. The van der Waals surface area contributed by atoms with E-state index in [1.807, 2.05) is 41.3 Å². The molecule has 2 heterocycles. The molecule has 0 saturated carbocycles. The highest BCUT2D eigenvalue weighted by atomic mass is 16.7. The van der Waals surface area contributed by atoms with Gasteiger partial charge in [-0.1, -0.05) is 54.1 Å². The molecule has 2 aliphatic heterocycles. The van der Waals surface area contributed by atoms with E-state index in [1.54, 1.807) is 0 Å². The van der Waals surface area contributed by atoms with Gasteiger partial charge in [-0.25, -0.2) is 0 Å². The van der Waals surface area contributed by atoms with Crippen LogP contribution < -0.4 is 9.47 Å². The van der Waals surface area contributed by atoms with Crippen molar-refractivity contribution in [3.63, 3.8) is 0 Å². The second-order valence-corrected chi connectivity index (χ2v) is 10.1. The lowest BCUT2D eigenvalue weighted by molar-refractivity contribution is 0.0668. The molecule has 1 fully saturated rings. The number of fused-ring (bicyclic) bond motifs is 1. The zero-order chi connectivity index (χ0) is 24.4. The predicted molar refractivity (Wildman–Crippen MR) is 138 cm³/mol. The van der Waals surface area contributed by atoms with E-state index in [-0.39, 0.29) is 11.9 Å². The lowest BCUT2D eigenvalue weighted by Crippen LogP contribution is -2.42. The molecule has 3 aromatic carbocycles. The van der Waals surface area contributed by atoms with Crippen LogP contribution >= 0.6 is 0 Å². The number of ether oxygens (including phenoxy) is 2. The number of likely N-dealkylation sites (tertiary alicyclic amines) is 1. The van der Waals surface area contributed by atoms with Crippen molar-refractivity contribution >= 4 is 5.91 Å². The summed E-state index contributed by atoms with van der Waals surface area (Å²) in [5.74, 6) is 2.47. The van der Waals surface area contributed by atoms with Crippen molar-refractivity contribution in [2.24, 2.45) is 5.92 Å². The Morgan fingerprint density at radius 3 is 2.46 bits per heavy atom. The Bertz CT molecular complexity index is 1160. The van der Waals surface area contributed by atoms with Gasteiger partial charge in [0, 0.05) is 43.7 Å². The number of benzene rings is 3. The molecule has 0 aliphatic carbocycles. The lowest BCUT2D eigenvalue weighted by Gasteiger charge is -2.32. The highest BCUT2D eigenvalue weighted by Gasteiger charge is 2.36. The maximum atomic E-state index is 13.4. The van der Waals surface area contributed by atoms with E-state index in [1.165, 1.54) is 16.7 Å². The molecule has 182 valence electrons. The molecule has 0 unspecified atom stereocenters. The number of carbonyl (C=O) groups is 1. The van der Waals surface area contributed by atoms with E-state index in [4.69, 9.17) is 9.47 Å². The first-order valence-corrected chi connectivity index (χ1v) is 12.5. The second-order valence-electron chi connectivity index (χ2n) is 10.1. The smallest absolute Gasteiger partial charge is 0.254 e. The average Bonchev–Trinajstić information content (AvgIpc) is 3.49. The number of carbonyl (C=O) groups excluding carboxylic acids is 1. The fourth-order valence-corrected chi connectivity index (χ4v) is 5.29. The van der Waals surface area contributed by atoms with Crippen LogP contribution in [0.1, 0.15) is 46.8 Å². The lowest BCUT2D eigenvalue weighted by atomic mass is 9.88. The van der Waals surface area contributed by atoms with E-state index in [9.17, 15) is 4.79 Å². The van der Waals surface area contributed by atoms with Crippen LogP contribution in [-0.4, -0.2) is 48.2 Å². The van der Waals surface area contributed by atoms with Crippen molar-refractivity contribution in [3.05, 3.63) is 95.1 Å². The van der Waals surface area contributed by atoms with Gasteiger partial charge < -0.3 is 14.4 Å². The minimum atomic E-state index is 0.109. The minimum absolute atomic E-state index is 0.109. The van der Waals surface area contributed by atoms with Crippen LogP contribution in [0.15, 0.2) is 72.8 Å². The molecule has 5 rings (SSSR count). The van der Waals surface area contributed by atoms with Gasteiger partial charge >= 0.3 is 0 Å². The third-order valence-corrected chi connectivity index (χ3v) is 7.20. The molecular weight excluding hydrogens is 436 g/mol. The summed E-state index contributed by atoms with van der Waals surface area (Å²) in [6.07, 6.45) is 0. The maximum Gasteiger partial charge on any atom is 0.254 e. The van der Waals surface area contributed by atoms with Gasteiger partial charge in [0.25, 0.3) is 5.91 Å². The normalized spacial score (nSPS) is 19.3. The van der Waals surface area contributed by atoms with E-state index >= 15 is 0 Å². The molecule has 0 bridgehead atoms. The number of amides is 1. The molecule has 5 heteroatoms. The number of hydrogen-bond acceptors (Lipinski definition) is 4. The summed E-state index contributed by atoms with van der Waals surface area (Å²) >= 11 is 0. The van der Waals surface area contributed by atoms with Crippen molar-refractivity contribution in [2.45, 2.75) is 39.3 Å². The Morgan fingerprint density at radius 1 is 0.971 bits per heavy atom. The first-order valence-electron chi connectivity index (χ1n) is 12.5. The summed E-state index contributed by atoms with van der Waals surface area (Å²) < 4.78 is 11.1. The summed E-state index contributed by atoms with van der Waals surface area (Å²) in [7, 11) is 0. The van der Waals surface area contributed by atoms with Crippen LogP contribution in [0.2, 0.25) is 0 Å². The first-order chi connectivity index (χ1) is 17.0. The summed E-state index contributed by atoms with van der Waals surface area (Å²) in [5.41, 5.74) is 4.59.